The van der Waals surface area contributed by atoms with Crippen LogP contribution in [-0.4, -0.2) is 39.1 Å². The number of benzene rings is 1. The molecule has 0 aromatic heterocycles. The number of hydrogen-bond donors (Lipinski definition) is 1. The number of hydrogen-bond acceptors (Lipinski definition) is 4. The number of aryl methyl sites for hydroxylation is 2. The van der Waals surface area contributed by atoms with E-state index >= 15 is 0 Å². The van der Waals surface area contributed by atoms with Gasteiger partial charge in [-0.1, -0.05) is 6.07 Å². The summed E-state index contributed by atoms with van der Waals surface area (Å²) >= 11 is 0. The van der Waals surface area contributed by atoms with Gasteiger partial charge in [0.2, 0.25) is 0 Å². The lowest BCUT2D eigenvalue weighted by Gasteiger charge is -2.34. The predicted molar refractivity (Wildman–Crippen MR) is 74.8 cm³/mol. The quantitative estimate of drug-likeness (QED) is 0.864. The fraction of sp³-hybridized carbons (Fsp3) is 0.538. The molecule has 1 aromatic rings. The van der Waals surface area contributed by atoms with Crippen LogP contribution < -0.4 is 10.6 Å². The Labute approximate surface area is 109 Å². The topological polar surface area (TPSA) is 63.4 Å². The summed E-state index contributed by atoms with van der Waals surface area (Å²) in [5.74, 6) is 0.196. The fourth-order valence-corrected chi connectivity index (χ4v) is 3.95. The summed E-state index contributed by atoms with van der Waals surface area (Å²) in [6, 6.07) is 6.31. The van der Waals surface area contributed by atoms with Gasteiger partial charge >= 0.3 is 0 Å². The summed E-state index contributed by atoms with van der Waals surface area (Å²) in [6.45, 7) is 5.36. The Balaban J connectivity index is 2.25. The lowest BCUT2D eigenvalue weighted by molar-refractivity contribution is 0.563. The summed E-state index contributed by atoms with van der Waals surface area (Å²) in [5.41, 5.74) is 9.07. The summed E-state index contributed by atoms with van der Waals surface area (Å²) in [7, 11) is -3.00. The van der Waals surface area contributed by atoms with E-state index in [0.29, 0.717) is 13.1 Å². The Morgan fingerprint density at radius 3 is 2.44 bits per heavy atom. The molecule has 1 saturated heterocycles. The van der Waals surface area contributed by atoms with E-state index in [1.165, 1.54) is 11.1 Å². The van der Waals surface area contributed by atoms with Gasteiger partial charge in [0, 0.05) is 25.3 Å². The van der Waals surface area contributed by atoms with E-state index in [4.69, 9.17) is 5.73 Å². The fourth-order valence-electron chi connectivity index (χ4n) is 2.44. The molecule has 1 unspecified atom stereocenters. The maximum atomic E-state index is 11.8. The van der Waals surface area contributed by atoms with Crippen molar-refractivity contribution >= 4 is 15.5 Å². The van der Waals surface area contributed by atoms with Crippen LogP contribution in [0.1, 0.15) is 11.1 Å². The second-order valence-electron chi connectivity index (χ2n) is 5.02. The van der Waals surface area contributed by atoms with Gasteiger partial charge in [0.1, 0.15) is 0 Å². The maximum Gasteiger partial charge on any atom is 0.157 e. The van der Waals surface area contributed by atoms with E-state index in [1.807, 2.05) is 0 Å². The molecule has 1 atom stereocenters. The summed E-state index contributed by atoms with van der Waals surface area (Å²) < 4.78 is 23.6. The first-order valence-electron chi connectivity index (χ1n) is 6.17. The first-order chi connectivity index (χ1) is 8.42. The number of nitrogens with zero attached hydrogens (tertiary/aromatic N) is 1. The van der Waals surface area contributed by atoms with Crippen molar-refractivity contribution in [1.29, 1.82) is 0 Å². The molecule has 0 amide bonds. The zero-order valence-corrected chi connectivity index (χ0v) is 11.7. The van der Waals surface area contributed by atoms with Crippen molar-refractivity contribution in [3.05, 3.63) is 29.3 Å². The minimum Gasteiger partial charge on any atom is -0.369 e. The lowest BCUT2D eigenvalue weighted by atomic mass is 10.1. The van der Waals surface area contributed by atoms with Crippen LogP contribution in [-0.2, 0) is 9.84 Å². The van der Waals surface area contributed by atoms with Gasteiger partial charge in [-0.3, -0.25) is 0 Å². The standard InChI is InChI=1S/C13H20N2O2S/c1-10-5-11(2)7-12(6-10)15-3-4-18(16,17)13(8-14)9-15/h5-7,13H,3-4,8-9,14H2,1-2H3. The van der Waals surface area contributed by atoms with Crippen LogP contribution in [0.2, 0.25) is 0 Å². The lowest BCUT2D eigenvalue weighted by Crippen LogP contribution is -2.50. The Hall–Kier alpha value is -1.07. The molecule has 0 aliphatic carbocycles. The van der Waals surface area contributed by atoms with Crippen LogP contribution in [0, 0.1) is 13.8 Å². The van der Waals surface area contributed by atoms with Gasteiger partial charge in [-0.15, -0.1) is 0 Å². The molecule has 1 aromatic carbocycles. The molecule has 1 aliphatic heterocycles. The average Bonchev–Trinajstić information content (AvgIpc) is 2.27. The first kappa shape index (κ1) is 13.4. The zero-order chi connectivity index (χ0) is 13.3. The predicted octanol–water partition coefficient (Wildman–Crippen LogP) is 0.866. The third kappa shape index (κ3) is 2.67. The van der Waals surface area contributed by atoms with E-state index in [1.54, 1.807) is 0 Å². The summed E-state index contributed by atoms with van der Waals surface area (Å²) in [4.78, 5) is 2.12. The smallest absolute Gasteiger partial charge is 0.157 e. The Bertz CT molecular complexity index is 520. The molecule has 1 fully saturated rings. The molecule has 5 heteroatoms. The minimum atomic E-state index is -3.00. The van der Waals surface area contributed by atoms with Gasteiger partial charge in [-0.25, -0.2) is 8.42 Å². The van der Waals surface area contributed by atoms with Crippen LogP contribution in [0.4, 0.5) is 5.69 Å². The number of nitrogens with two attached hydrogens (primary N) is 1. The third-order valence-electron chi connectivity index (χ3n) is 3.41. The SMILES string of the molecule is Cc1cc(C)cc(N2CCS(=O)(=O)C(CN)C2)c1. The Morgan fingerprint density at radius 1 is 1.28 bits per heavy atom. The number of anilines is 1. The van der Waals surface area contributed by atoms with E-state index < -0.39 is 15.1 Å². The number of sulfone groups is 1. The maximum absolute atomic E-state index is 11.8. The largest absolute Gasteiger partial charge is 0.369 e. The summed E-state index contributed by atoms with van der Waals surface area (Å²) in [5, 5.41) is -0.438. The van der Waals surface area contributed by atoms with Crippen molar-refractivity contribution in [1.82, 2.24) is 0 Å². The van der Waals surface area contributed by atoms with E-state index in [9.17, 15) is 8.42 Å². The van der Waals surface area contributed by atoms with E-state index in [-0.39, 0.29) is 12.3 Å². The Kier molecular flexibility index (Phi) is 3.64. The molecule has 2 N–H and O–H groups in total. The average molecular weight is 268 g/mol. The molecule has 1 aliphatic rings. The molecule has 0 bridgehead atoms. The van der Waals surface area contributed by atoms with Crippen molar-refractivity contribution < 1.29 is 8.42 Å². The first-order valence-corrected chi connectivity index (χ1v) is 7.89. The van der Waals surface area contributed by atoms with Crippen LogP contribution in [0.25, 0.3) is 0 Å². The van der Waals surface area contributed by atoms with Crippen LogP contribution in [0.5, 0.6) is 0 Å². The molecule has 2 rings (SSSR count). The van der Waals surface area contributed by atoms with Crippen molar-refractivity contribution in [2.45, 2.75) is 19.1 Å². The monoisotopic (exact) mass is 268 g/mol. The van der Waals surface area contributed by atoms with E-state index in [0.717, 1.165) is 5.69 Å². The molecule has 100 valence electrons. The normalized spacial score (nSPS) is 23.1. The zero-order valence-electron chi connectivity index (χ0n) is 10.9. The highest BCUT2D eigenvalue weighted by Crippen LogP contribution is 2.22. The molecule has 4 nitrogen and oxygen atoms in total. The molecule has 0 spiro atoms. The second kappa shape index (κ2) is 4.90. The third-order valence-corrected chi connectivity index (χ3v) is 5.52. The van der Waals surface area contributed by atoms with Crippen molar-refractivity contribution in [3.63, 3.8) is 0 Å². The van der Waals surface area contributed by atoms with Gasteiger partial charge < -0.3 is 10.6 Å². The highest BCUT2D eigenvalue weighted by Gasteiger charge is 2.31. The molecular formula is C13H20N2O2S. The number of rotatable bonds is 2. The highest BCUT2D eigenvalue weighted by molar-refractivity contribution is 7.92. The van der Waals surface area contributed by atoms with Gasteiger partial charge in [-0.05, 0) is 37.1 Å². The minimum absolute atomic E-state index is 0.196. The summed E-state index contributed by atoms with van der Waals surface area (Å²) in [6.07, 6.45) is 0. The Morgan fingerprint density at radius 2 is 1.89 bits per heavy atom. The van der Waals surface area contributed by atoms with Crippen molar-refractivity contribution in [3.8, 4) is 0 Å². The van der Waals surface area contributed by atoms with Gasteiger partial charge in [0.05, 0.1) is 11.0 Å². The molecule has 0 radical (unpaired) electrons. The van der Waals surface area contributed by atoms with Gasteiger partial charge in [0.25, 0.3) is 0 Å². The molecule has 1 heterocycles. The molecule has 18 heavy (non-hydrogen) atoms. The van der Waals surface area contributed by atoms with Crippen LogP contribution >= 0.6 is 0 Å². The van der Waals surface area contributed by atoms with Gasteiger partial charge in [-0.2, -0.15) is 0 Å². The second-order valence-corrected chi connectivity index (χ2v) is 7.42. The molecule has 0 saturated carbocycles. The van der Waals surface area contributed by atoms with Crippen molar-refractivity contribution in [2.75, 3.05) is 30.3 Å². The van der Waals surface area contributed by atoms with Crippen molar-refractivity contribution in [2.24, 2.45) is 5.73 Å². The highest BCUT2D eigenvalue weighted by atomic mass is 32.2. The van der Waals surface area contributed by atoms with Crippen LogP contribution in [0.3, 0.4) is 0 Å². The van der Waals surface area contributed by atoms with Crippen LogP contribution in [0.15, 0.2) is 18.2 Å². The van der Waals surface area contributed by atoms with E-state index in [2.05, 4.69) is 36.9 Å². The molecular weight excluding hydrogens is 248 g/mol. The van der Waals surface area contributed by atoms with Gasteiger partial charge in [0.15, 0.2) is 9.84 Å².